The molecule has 6 rings (SSSR count). The maximum Gasteiger partial charge on any atom is 0.184 e. The normalized spacial score (nSPS) is 18.7. The number of fused-ring (bicyclic) bond motifs is 8. The number of nitrogens with zero attached hydrogens (tertiary/aromatic N) is 3. The second-order valence-electron chi connectivity index (χ2n) is 13.3. The van der Waals surface area contributed by atoms with E-state index in [1.807, 2.05) is 43.2 Å². The summed E-state index contributed by atoms with van der Waals surface area (Å²) in [6, 6.07) is 16.1. The largest absolute Gasteiger partial charge is 0.454 e. The van der Waals surface area contributed by atoms with Gasteiger partial charge in [0.05, 0.1) is 11.0 Å². The Labute approximate surface area is 273 Å². The highest BCUT2D eigenvalue weighted by Crippen LogP contribution is 2.41. The second kappa shape index (κ2) is 13.0. The van der Waals surface area contributed by atoms with Crippen molar-refractivity contribution in [2.24, 2.45) is 12.5 Å². The highest BCUT2D eigenvalue weighted by atomic mass is 32.2. The van der Waals surface area contributed by atoms with Crippen molar-refractivity contribution >= 4 is 29.0 Å². The number of aromatic nitrogens is 4. The van der Waals surface area contributed by atoms with E-state index in [0.29, 0.717) is 25.0 Å². The fourth-order valence-corrected chi connectivity index (χ4v) is 7.80. The summed E-state index contributed by atoms with van der Waals surface area (Å²) in [5, 5.41) is 5.62. The van der Waals surface area contributed by atoms with Crippen molar-refractivity contribution in [1.82, 2.24) is 19.7 Å². The molecule has 0 aliphatic carbocycles. The standard InChI is InChI=1S/C37H40F2N4O2S/c1-36(2)15-7-16-37(3,25-10-5-8-24(20-25)9-6-18-44)35-41-34(42-43(35)4)29-21-26(11-12-30(29)38)45-33-28(14-19-46-23-36)27-13-17-40-32(27)22-31(33)39/h5,8,10-13,17-18,20-22,40H,6-7,9,14-16,19,23H2,1-4H3. The zero-order chi connectivity index (χ0) is 32.5. The molecule has 0 radical (unpaired) electrons. The summed E-state index contributed by atoms with van der Waals surface area (Å²) < 4.78 is 39.0. The van der Waals surface area contributed by atoms with Crippen LogP contribution in [0.1, 0.15) is 69.0 Å². The molecule has 0 amide bonds. The molecule has 6 nitrogen and oxygen atoms in total. The predicted octanol–water partition coefficient (Wildman–Crippen LogP) is 8.96. The van der Waals surface area contributed by atoms with Crippen molar-refractivity contribution in [3.63, 3.8) is 0 Å². The van der Waals surface area contributed by atoms with Crippen LogP contribution in [0.25, 0.3) is 22.3 Å². The van der Waals surface area contributed by atoms with Gasteiger partial charge in [0.25, 0.3) is 0 Å². The molecule has 3 heterocycles. The summed E-state index contributed by atoms with van der Waals surface area (Å²) >= 11 is 1.87. The van der Waals surface area contributed by atoms with Gasteiger partial charge in [-0.05, 0) is 84.9 Å². The number of hydrogen-bond donors (Lipinski definition) is 1. The van der Waals surface area contributed by atoms with Gasteiger partial charge in [0.2, 0.25) is 0 Å². The zero-order valence-corrected chi connectivity index (χ0v) is 27.6. The number of aromatic amines is 1. The van der Waals surface area contributed by atoms with Gasteiger partial charge in [-0.3, -0.25) is 4.68 Å². The van der Waals surface area contributed by atoms with Crippen LogP contribution < -0.4 is 4.74 Å². The first kappa shape index (κ1) is 32.0. The van der Waals surface area contributed by atoms with E-state index < -0.39 is 17.0 Å². The number of hydrogen-bond acceptors (Lipinski definition) is 5. The van der Waals surface area contributed by atoms with Crippen LogP contribution in [0.15, 0.2) is 60.8 Å². The average Bonchev–Trinajstić information content (AvgIpc) is 3.66. The minimum Gasteiger partial charge on any atom is -0.454 e. The van der Waals surface area contributed by atoms with Gasteiger partial charge >= 0.3 is 0 Å². The SMILES string of the molecule is Cn1nc2nc1C(C)(c1cccc(CCC=O)c1)CCCC(C)(C)CSCCc1c(c(F)cc3[nH]ccc13)Oc1ccc(F)c-2c1. The van der Waals surface area contributed by atoms with Crippen LogP contribution in [0.3, 0.4) is 0 Å². The number of ether oxygens (including phenoxy) is 1. The third-order valence-electron chi connectivity index (χ3n) is 9.16. The van der Waals surface area contributed by atoms with E-state index in [4.69, 9.17) is 14.8 Å². The molecule has 3 aromatic carbocycles. The molecule has 1 aliphatic rings. The Morgan fingerprint density at radius 3 is 2.74 bits per heavy atom. The quantitative estimate of drug-likeness (QED) is 0.198. The molecule has 5 aromatic rings. The second-order valence-corrected chi connectivity index (χ2v) is 14.4. The van der Waals surface area contributed by atoms with E-state index in [0.717, 1.165) is 70.5 Å². The van der Waals surface area contributed by atoms with Crippen LogP contribution in [0.4, 0.5) is 8.78 Å². The molecule has 1 atom stereocenters. The molecule has 1 N–H and O–H groups in total. The Bertz CT molecular complexity index is 1880. The van der Waals surface area contributed by atoms with Gasteiger partial charge in [-0.1, -0.05) is 44.5 Å². The molecule has 46 heavy (non-hydrogen) atoms. The third kappa shape index (κ3) is 6.47. The van der Waals surface area contributed by atoms with Crippen molar-refractivity contribution in [2.75, 3.05) is 11.5 Å². The molecule has 2 aromatic heterocycles. The fourth-order valence-electron chi connectivity index (χ4n) is 6.61. The molecular formula is C37H40F2N4O2S. The Morgan fingerprint density at radius 1 is 1.07 bits per heavy atom. The van der Waals surface area contributed by atoms with E-state index in [-0.39, 0.29) is 22.6 Å². The number of aryl methyl sites for hydroxylation is 3. The van der Waals surface area contributed by atoms with Crippen molar-refractivity contribution in [3.8, 4) is 22.9 Å². The van der Waals surface area contributed by atoms with Gasteiger partial charge in [-0.2, -0.15) is 16.9 Å². The van der Waals surface area contributed by atoms with Crippen molar-refractivity contribution < 1.29 is 18.3 Å². The number of carbonyl (C=O) groups excluding carboxylic acids is 1. The van der Waals surface area contributed by atoms with Crippen molar-refractivity contribution in [3.05, 3.63) is 94.9 Å². The van der Waals surface area contributed by atoms with Gasteiger partial charge in [0, 0.05) is 42.2 Å². The van der Waals surface area contributed by atoms with Gasteiger partial charge in [0.1, 0.15) is 23.7 Å². The summed E-state index contributed by atoms with van der Waals surface area (Å²) in [7, 11) is 1.84. The molecule has 0 saturated heterocycles. The summed E-state index contributed by atoms with van der Waals surface area (Å²) in [6.45, 7) is 6.77. The number of carbonyl (C=O) groups is 1. The van der Waals surface area contributed by atoms with E-state index in [1.165, 1.54) is 18.2 Å². The zero-order valence-electron chi connectivity index (χ0n) is 26.8. The van der Waals surface area contributed by atoms with E-state index in [2.05, 4.69) is 37.9 Å². The van der Waals surface area contributed by atoms with Crippen LogP contribution >= 0.6 is 11.8 Å². The van der Waals surface area contributed by atoms with E-state index in [1.54, 1.807) is 10.7 Å². The minimum atomic E-state index is -0.527. The molecule has 240 valence electrons. The molecule has 1 unspecified atom stereocenters. The fraction of sp³-hybridized carbons (Fsp3) is 0.378. The minimum absolute atomic E-state index is 0.0686. The third-order valence-corrected chi connectivity index (χ3v) is 10.6. The summed E-state index contributed by atoms with van der Waals surface area (Å²) in [6.07, 6.45) is 7.26. The monoisotopic (exact) mass is 642 g/mol. The van der Waals surface area contributed by atoms with Crippen LogP contribution in [0, 0.1) is 17.0 Å². The topological polar surface area (TPSA) is 72.8 Å². The molecule has 9 heteroatoms. The highest BCUT2D eigenvalue weighted by molar-refractivity contribution is 7.99. The summed E-state index contributed by atoms with van der Waals surface area (Å²) in [5.74, 6) is 2.23. The van der Waals surface area contributed by atoms with E-state index >= 15 is 8.78 Å². The first-order valence-electron chi connectivity index (χ1n) is 15.9. The van der Waals surface area contributed by atoms with E-state index in [9.17, 15) is 4.79 Å². The van der Waals surface area contributed by atoms with Gasteiger partial charge < -0.3 is 14.5 Å². The summed E-state index contributed by atoms with van der Waals surface area (Å²) in [4.78, 5) is 19.2. The number of benzene rings is 3. The first-order chi connectivity index (χ1) is 22.1. The van der Waals surface area contributed by atoms with Crippen molar-refractivity contribution in [1.29, 1.82) is 0 Å². The Hall–Kier alpha value is -3.98. The Kier molecular flexibility index (Phi) is 9.06. The molecule has 1 aliphatic heterocycles. The number of nitrogens with one attached hydrogen (secondary N) is 1. The van der Waals surface area contributed by atoms with Gasteiger partial charge in [-0.25, -0.2) is 13.8 Å². The highest BCUT2D eigenvalue weighted by Gasteiger charge is 2.35. The first-order valence-corrected chi connectivity index (χ1v) is 17.0. The number of thioether (sulfide) groups is 1. The predicted molar refractivity (Wildman–Crippen MR) is 181 cm³/mol. The molecule has 0 fully saturated rings. The number of aldehydes is 1. The Morgan fingerprint density at radius 2 is 1.91 bits per heavy atom. The lowest BCUT2D eigenvalue weighted by molar-refractivity contribution is -0.107. The van der Waals surface area contributed by atoms with Crippen LogP contribution in [0.2, 0.25) is 0 Å². The van der Waals surface area contributed by atoms with Crippen LogP contribution in [-0.4, -0.2) is 37.5 Å². The molecule has 0 saturated carbocycles. The summed E-state index contributed by atoms with van der Waals surface area (Å²) in [5.41, 5.74) is 3.40. The van der Waals surface area contributed by atoms with Gasteiger partial charge in [-0.15, -0.1) is 0 Å². The number of halogens is 2. The number of rotatable bonds is 4. The lowest BCUT2D eigenvalue weighted by atomic mass is 9.75. The molecule has 4 bridgehead atoms. The van der Waals surface area contributed by atoms with Crippen LogP contribution in [-0.2, 0) is 30.1 Å². The molecular weight excluding hydrogens is 602 g/mol. The Balaban J connectivity index is 1.47. The van der Waals surface area contributed by atoms with Crippen molar-refractivity contribution in [2.45, 2.75) is 64.7 Å². The van der Waals surface area contributed by atoms with Gasteiger partial charge in [0.15, 0.2) is 17.4 Å². The maximum absolute atomic E-state index is 15.6. The smallest absolute Gasteiger partial charge is 0.184 e. The molecule has 0 spiro atoms. The average molecular weight is 643 g/mol. The van der Waals surface area contributed by atoms with Crippen LogP contribution in [0.5, 0.6) is 11.5 Å². The number of H-pyrrole nitrogens is 1. The maximum atomic E-state index is 15.6. The lowest BCUT2D eigenvalue weighted by Crippen LogP contribution is -2.29. The lowest BCUT2D eigenvalue weighted by Gasteiger charge is -2.32.